The third-order valence-corrected chi connectivity index (χ3v) is 15.0. The van der Waals surface area contributed by atoms with Gasteiger partial charge in [0.15, 0.2) is 0 Å². The quantitative estimate of drug-likeness (QED) is 0.381. The van der Waals surface area contributed by atoms with Crippen molar-refractivity contribution < 1.29 is 4.39 Å². The summed E-state index contributed by atoms with van der Waals surface area (Å²) >= 11 is 4.36. The fourth-order valence-corrected chi connectivity index (χ4v) is 11.3. The Morgan fingerprint density at radius 3 is 1.07 bits per heavy atom. The molecule has 0 saturated carbocycles. The van der Waals surface area contributed by atoms with Crippen molar-refractivity contribution in [3.63, 3.8) is 0 Å². The molecule has 0 atom stereocenters. The van der Waals surface area contributed by atoms with Gasteiger partial charge in [-0.3, -0.25) is 0 Å². The molecular formula is C24H19BrFP. The summed E-state index contributed by atoms with van der Waals surface area (Å²) in [5.74, 6) is -0.231. The summed E-state index contributed by atoms with van der Waals surface area (Å²) in [6.07, 6.45) is 0. The Labute approximate surface area is 167 Å². The molecule has 0 aliphatic heterocycles. The minimum atomic E-state index is -3.19. The molecule has 0 bridgehead atoms. The van der Waals surface area contributed by atoms with Crippen molar-refractivity contribution >= 4 is 42.0 Å². The first kappa shape index (κ1) is 18.1. The summed E-state index contributed by atoms with van der Waals surface area (Å²) in [7, 11) is 0. The van der Waals surface area contributed by atoms with E-state index < -0.39 is 5.31 Å². The zero-order chi connectivity index (χ0) is 18.8. The SMILES string of the molecule is Fc1ccc(P(Br)(c2ccccc2)(c2ccccc2)c2ccccc2)cc1. The molecule has 0 N–H and O–H groups in total. The normalized spacial score (nSPS) is 12.9. The van der Waals surface area contributed by atoms with Crippen LogP contribution in [0.3, 0.4) is 0 Å². The molecule has 0 fully saturated rings. The van der Waals surface area contributed by atoms with E-state index in [9.17, 15) is 4.39 Å². The Kier molecular flexibility index (Phi) is 4.72. The molecule has 0 spiro atoms. The zero-order valence-electron chi connectivity index (χ0n) is 14.7. The Morgan fingerprint density at radius 1 is 0.444 bits per heavy atom. The molecule has 0 nitrogen and oxygen atoms in total. The van der Waals surface area contributed by atoms with E-state index in [0.29, 0.717) is 0 Å². The fraction of sp³-hybridized carbons (Fsp3) is 0. The van der Waals surface area contributed by atoms with Crippen LogP contribution in [0.25, 0.3) is 0 Å². The summed E-state index contributed by atoms with van der Waals surface area (Å²) in [5, 5.41) is 1.44. The second kappa shape index (κ2) is 7.03. The molecule has 3 heteroatoms. The van der Waals surface area contributed by atoms with E-state index >= 15 is 0 Å². The van der Waals surface area contributed by atoms with Crippen LogP contribution in [0.5, 0.6) is 0 Å². The molecule has 134 valence electrons. The first-order valence-electron chi connectivity index (χ1n) is 8.81. The van der Waals surface area contributed by atoms with E-state index in [1.54, 1.807) is 12.1 Å². The molecule has 0 saturated heterocycles. The van der Waals surface area contributed by atoms with E-state index in [1.807, 2.05) is 30.3 Å². The predicted molar refractivity (Wildman–Crippen MR) is 120 cm³/mol. The van der Waals surface area contributed by atoms with Crippen LogP contribution in [0.1, 0.15) is 0 Å². The van der Waals surface area contributed by atoms with Crippen LogP contribution in [-0.4, -0.2) is 0 Å². The molecule has 27 heavy (non-hydrogen) atoms. The number of hydrogen-bond donors (Lipinski definition) is 0. The Hall–Kier alpha value is -2.28. The zero-order valence-corrected chi connectivity index (χ0v) is 17.2. The van der Waals surface area contributed by atoms with Crippen LogP contribution in [0, 0.1) is 5.82 Å². The van der Waals surface area contributed by atoms with E-state index in [0.717, 1.165) is 5.30 Å². The summed E-state index contributed by atoms with van der Waals surface area (Å²) < 4.78 is 13.8. The van der Waals surface area contributed by atoms with Gasteiger partial charge < -0.3 is 0 Å². The number of rotatable bonds is 4. The topological polar surface area (TPSA) is 0 Å². The maximum atomic E-state index is 13.8. The van der Waals surface area contributed by atoms with Gasteiger partial charge in [0.1, 0.15) is 0 Å². The van der Waals surface area contributed by atoms with Gasteiger partial charge in [-0.15, -0.1) is 0 Å². The molecule has 0 aromatic heterocycles. The summed E-state index contributed by atoms with van der Waals surface area (Å²) in [4.78, 5) is 0. The van der Waals surface area contributed by atoms with E-state index in [2.05, 4.69) is 88.3 Å². The van der Waals surface area contributed by atoms with Crippen molar-refractivity contribution in [2.75, 3.05) is 0 Å². The second-order valence-corrected chi connectivity index (χ2v) is 14.8. The van der Waals surface area contributed by atoms with Gasteiger partial charge in [-0.1, -0.05) is 0 Å². The average Bonchev–Trinajstić information content (AvgIpc) is 2.76. The molecule has 0 amide bonds. The summed E-state index contributed by atoms with van der Waals surface area (Å²) in [6, 6.07) is 38.4. The minimum absolute atomic E-state index is 0.231. The van der Waals surface area contributed by atoms with Crippen LogP contribution in [0.15, 0.2) is 115 Å². The monoisotopic (exact) mass is 436 g/mol. The third-order valence-electron chi connectivity index (χ3n) is 5.03. The Bertz CT molecular complexity index is 933. The van der Waals surface area contributed by atoms with Gasteiger partial charge in [-0.05, 0) is 0 Å². The van der Waals surface area contributed by atoms with Crippen LogP contribution in [0.2, 0.25) is 0 Å². The van der Waals surface area contributed by atoms with Crippen molar-refractivity contribution in [2.24, 2.45) is 0 Å². The van der Waals surface area contributed by atoms with Crippen LogP contribution < -0.4 is 21.2 Å². The van der Waals surface area contributed by atoms with Crippen molar-refractivity contribution in [3.8, 4) is 0 Å². The summed E-state index contributed by atoms with van der Waals surface area (Å²) in [5.41, 5.74) is 0. The molecule has 0 unspecified atom stereocenters. The number of benzene rings is 4. The van der Waals surface area contributed by atoms with E-state index in [1.165, 1.54) is 15.9 Å². The van der Waals surface area contributed by atoms with Gasteiger partial charge >= 0.3 is 167 Å². The van der Waals surface area contributed by atoms with Crippen molar-refractivity contribution in [2.45, 2.75) is 0 Å². The molecule has 4 rings (SSSR count). The molecule has 4 aromatic carbocycles. The first-order valence-corrected chi connectivity index (χ1v) is 13.1. The second-order valence-electron chi connectivity index (χ2n) is 6.49. The van der Waals surface area contributed by atoms with Crippen molar-refractivity contribution in [3.05, 3.63) is 121 Å². The predicted octanol–water partition coefficient (Wildman–Crippen LogP) is 5.29. The van der Waals surface area contributed by atoms with Gasteiger partial charge in [0, 0.05) is 0 Å². The van der Waals surface area contributed by atoms with Crippen LogP contribution >= 0.6 is 20.8 Å². The molecule has 0 aliphatic carbocycles. The van der Waals surface area contributed by atoms with E-state index in [4.69, 9.17) is 0 Å². The van der Waals surface area contributed by atoms with Crippen molar-refractivity contribution in [1.82, 2.24) is 0 Å². The van der Waals surface area contributed by atoms with Crippen LogP contribution in [0.4, 0.5) is 4.39 Å². The molecule has 4 aromatic rings. The Balaban J connectivity index is 2.22. The van der Waals surface area contributed by atoms with Gasteiger partial charge in [-0.25, -0.2) is 0 Å². The fourth-order valence-electron chi connectivity index (χ4n) is 3.74. The molecular weight excluding hydrogens is 418 g/mol. The number of halogens is 2. The van der Waals surface area contributed by atoms with Crippen molar-refractivity contribution in [1.29, 1.82) is 0 Å². The van der Waals surface area contributed by atoms with Gasteiger partial charge in [-0.2, -0.15) is 0 Å². The first-order chi connectivity index (χ1) is 13.1. The van der Waals surface area contributed by atoms with Gasteiger partial charge in [0.2, 0.25) is 0 Å². The van der Waals surface area contributed by atoms with Crippen LogP contribution in [-0.2, 0) is 0 Å². The standard InChI is InChI=1S/C24H19BrFP/c25-27(21-10-4-1-5-11-21,22-12-6-2-7-13-22,23-14-8-3-9-15-23)24-18-16-20(26)17-19-24/h1-19H. The molecule has 0 radical (unpaired) electrons. The van der Waals surface area contributed by atoms with Gasteiger partial charge in [0.05, 0.1) is 0 Å². The molecule has 0 aliphatic rings. The molecule has 0 heterocycles. The maximum absolute atomic E-state index is 13.8. The third kappa shape index (κ3) is 2.76. The Morgan fingerprint density at radius 2 is 0.741 bits per heavy atom. The average molecular weight is 437 g/mol. The van der Waals surface area contributed by atoms with E-state index in [-0.39, 0.29) is 5.82 Å². The number of hydrogen-bond acceptors (Lipinski definition) is 0. The van der Waals surface area contributed by atoms with Gasteiger partial charge in [0.25, 0.3) is 0 Å². The summed E-state index contributed by atoms with van der Waals surface area (Å²) in [6.45, 7) is 0.